The predicted octanol–water partition coefficient (Wildman–Crippen LogP) is 2.70. The van der Waals surface area contributed by atoms with E-state index in [0.717, 1.165) is 32.1 Å². The first-order valence-corrected chi connectivity index (χ1v) is 5.85. The molecule has 2 nitrogen and oxygen atoms in total. The predicted molar refractivity (Wildman–Crippen MR) is 55.2 cm³/mol. The van der Waals surface area contributed by atoms with Gasteiger partial charge in [-0.1, -0.05) is 19.3 Å². The molecule has 0 atom stereocenters. The van der Waals surface area contributed by atoms with E-state index in [4.69, 9.17) is 4.74 Å². The normalized spacial score (nSPS) is 26.1. The summed E-state index contributed by atoms with van der Waals surface area (Å²) in [5.41, 5.74) is -0.379. The maximum atomic E-state index is 12.1. The Morgan fingerprint density at radius 1 is 1.29 bits per heavy atom. The number of carbonyl (C=O) groups is 1. The van der Waals surface area contributed by atoms with Gasteiger partial charge in [-0.05, 0) is 31.6 Å². The van der Waals surface area contributed by atoms with E-state index in [0.29, 0.717) is 11.7 Å². The van der Waals surface area contributed by atoms with Crippen molar-refractivity contribution in [3.8, 4) is 0 Å². The highest BCUT2D eigenvalue weighted by atomic mass is 16.5. The Balaban J connectivity index is 1.92. The van der Waals surface area contributed by atoms with Crippen molar-refractivity contribution in [3.63, 3.8) is 0 Å². The topological polar surface area (TPSA) is 26.3 Å². The third-order valence-corrected chi connectivity index (χ3v) is 4.01. The molecular weight excluding hydrogens is 176 g/mol. The minimum atomic E-state index is -0.379. The van der Waals surface area contributed by atoms with E-state index in [1.807, 2.05) is 0 Å². The fraction of sp³-hybridized carbons (Fsp3) is 0.917. The Hall–Kier alpha value is -0.370. The molecule has 2 heteroatoms. The Morgan fingerprint density at radius 2 is 1.93 bits per heavy atom. The van der Waals surface area contributed by atoms with Gasteiger partial charge in [0.2, 0.25) is 0 Å². The second-order valence-corrected chi connectivity index (χ2v) is 4.83. The lowest BCUT2D eigenvalue weighted by atomic mass is 9.78. The summed E-state index contributed by atoms with van der Waals surface area (Å²) >= 11 is 0. The van der Waals surface area contributed by atoms with Crippen molar-refractivity contribution in [3.05, 3.63) is 0 Å². The van der Waals surface area contributed by atoms with E-state index < -0.39 is 0 Å². The molecule has 2 rings (SSSR count). The number of rotatable bonds is 4. The van der Waals surface area contributed by atoms with Crippen molar-refractivity contribution in [1.82, 2.24) is 0 Å². The average Bonchev–Trinajstić information content (AvgIpc) is 2.60. The van der Waals surface area contributed by atoms with Crippen molar-refractivity contribution in [2.45, 2.75) is 57.0 Å². The molecule has 80 valence electrons. The van der Waals surface area contributed by atoms with E-state index in [1.54, 1.807) is 7.11 Å². The van der Waals surface area contributed by atoms with E-state index in [2.05, 4.69) is 0 Å². The van der Waals surface area contributed by atoms with Crippen molar-refractivity contribution in [2.75, 3.05) is 7.11 Å². The molecule has 2 aliphatic carbocycles. The molecule has 0 unspecified atom stereocenters. The maximum Gasteiger partial charge on any atom is 0.164 e. The van der Waals surface area contributed by atoms with Crippen molar-refractivity contribution >= 4 is 5.78 Å². The minimum Gasteiger partial charge on any atom is -0.370 e. The smallest absolute Gasteiger partial charge is 0.164 e. The van der Waals surface area contributed by atoms with Crippen LogP contribution in [-0.2, 0) is 9.53 Å². The molecule has 0 aliphatic heterocycles. The molecule has 2 aliphatic rings. The standard InChI is InChI=1S/C12H20O2/c1-14-12(7-2-3-8-12)11(13)9-10-5-4-6-10/h10H,2-9H2,1H3. The molecule has 0 N–H and O–H groups in total. The molecule has 0 bridgehead atoms. The van der Waals surface area contributed by atoms with Crippen molar-refractivity contribution < 1.29 is 9.53 Å². The number of carbonyl (C=O) groups excluding carboxylic acids is 1. The van der Waals surface area contributed by atoms with Crippen LogP contribution < -0.4 is 0 Å². The molecular formula is C12H20O2. The van der Waals surface area contributed by atoms with Crippen LogP contribution >= 0.6 is 0 Å². The first kappa shape index (κ1) is 10.2. The second kappa shape index (κ2) is 4.01. The number of hydrogen-bond acceptors (Lipinski definition) is 2. The van der Waals surface area contributed by atoms with Gasteiger partial charge in [0.25, 0.3) is 0 Å². The first-order chi connectivity index (χ1) is 6.77. The Kier molecular flexibility index (Phi) is 2.91. The van der Waals surface area contributed by atoms with Gasteiger partial charge >= 0.3 is 0 Å². The molecule has 0 spiro atoms. The van der Waals surface area contributed by atoms with Gasteiger partial charge in [-0.15, -0.1) is 0 Å². The number of ketones is 1. The van der Waals surface area contributed by atoms with E-state index in [-0.39, 0.29) is 5.60 Å². The molecule has 0 amide bonds. The Labute approximate surface area is 86.0 Å². The zero-order chi connectivity index (χ0) is 10.0. The van der Waals surface area contributed by atoms with Crippen LogP contribution in [0, 0.1) is 5.92 Å². The highest BCUT2D eigenvalue weighted by molar-refractivity contribution is 5.87. The van der Waals surface area contributed by atoms with Crippen LogP contribution in [0.2, 0.25) is 0 Å². The van der Waals surface area contributed by atoms with Crippen molar-refractivity contribution in [1.29, 1.82) is 0 Å². The molecule has 2 fully saturated rings. The minimum absolute atomic E-state index is 0.377. The molecule has 0 aromatic carbocycles. The zero-order valence-corrected chi connectivity index (χ0v) is 9.05. The van der Waals surface area contributed by atoms with Gasteiger partial charge < -0.3 is 4.74 Å². The summed E-state index contributed by atoms with van der Waals surface area (Å²) in [6.07, 6.45) is 8.82. The third kappa shape index (κ3) is 1.72. The first-order valence-electron chi connectivity index (χ1n) is 5.85. The summed E-state index contributed by atoms with van der Waals surface area (Å²) in [6, 6.07) is 0. The largest absolute Gasteiger partial charge is 0.370 e. The number of ether oxygens (including phenoxy) is 1. The number of methoxy groups -OCH3 is 1. The molecule has 0 saturated heterocycles. The van der Waals surface area contributed by atoms with E-state index >= 15 is 0 Å². The lowest BCUT2D eigenvalue weighted by Crippen LogP contribution is -2.39. The lowest BCUT2D eigenvalue weighted by molar-refractivity contribution is -0.142. The average molecular weight is 196 g/mol. The SMILES string of the molecule is COC1(C(=O)CC2CCC2)CCCC1. The monoisotopic (exact) mass is 196 g/mol. The third-order valence-electron chi connectivity index (χ3n) is 4.01. The molecule has 14 heavy (non-hydrogen) atoms. The second-order valence-electron chi connectivity index (χ2n) is 4.83. The quantitative estimate of drug-likeness (QED) is 0.691. The molecule has 0 aromatic rings. The summed E-state index contributed by atoms with van der Waals surface area (Å²) < 4.78 is 5.48. The molecule has 0 aromatic heterocycles. The van der Waals surface area contributed by atoms with Gasteiger partial charge in [-0.3, -0.25) is 4.79 Å². The highest BCUT2D eigenvalue weighted by Gasteiger charge is 2.41. The maximum absolute atomic E-state index is 12.1. The van der Waals surface area contributed by atoms with Crippen LogP contribution in [-0.4, -0.2) is 18.5 Å². The Bertz CT molecular complexity index is 212. The van der Waals surface area contributed by atoms with Crippen LogP contribution in [0.5, 0.6) is 0 Å². The van der Waals surface area contributed by atoms with Crippen LogP contribution in [0.1, 0.15) is 51.4 Å². The lowest BCUT2D eigenvalue weighted by Gasteiger charge is -2.31. The van der Waals surface area contributed by atoms with Crippen LogP contribution in [0.4, 0.5) is 0 Å². The van der Waals surface area contributed by atoms with Gasteiger partial charge in [0.1, 0.15) is 5.60 Å². The van der Waals surface area contributed by atoms with Crippen LogP contribution in [0.15, 0.2) is 0 Å². The van der Waals surface area contributed by atoms with Crippen LogP contribution in [0.3, 0.4) is 0 Å². The van der Waals surface area contributed by atoms with Gasteiger partial charge in [0, 0.05) is 13.5 Å². The summed E-state index contributed by atoms with van der Waals surface area (Å²) in [6.45, 7) is 0. The van der Waals surface area contributed by atoms with Gasteiger partial charge in [0.15, 0.2) is 5.78 Å². The highest BCUT2D eigenvalue weighted by Crippen LogP contribution is 2.38. The zero-order valence-electron chi connectivity index (χ0n) is 9.05. The van der Waals surface area contributed by atoms with E-state index in [9.17, 15) is 4.79 Å². The van der Waals surface area contributed by atoms with Gasteiger partial charge in [0.05, 0.1) is 0 Å². The number of hydrogen-bond donors (Lipinski definition) is 0. The van der Waals surface area contributed by atoms with Gasteiger partial charge in [-0.2, -0.15) is 0 Å². The fourth-order valence-electron chi connectivity index (χ4n) is 2.69. The van der Waals surface area contributed by atoms with Crippen LogP contribution in [0.25, 0.3) is 0 Å². The summed E-state index contributed by atoms with van der Waals surface area (Å²) in [5.74, 6) is 1.05. The van der Waals surface area contributed by atoms with Crippen molar-refractivity contribution in [2.24, 2.45) is 5.92 Å². The number of Topliss-reactive ketones (excluding diaryl/α,β-unsaturated/α-hetero) is 1. The summed E-state index contributed by atoms with van der Waals surface area (Å²) in [4.78, 5) is 12.1. The Morgan fingerprint density at radius 3 is 2.36 bits per heavy atom. The molecule has 0 heterocycles. The van der Waals surface area contributed by atoms with E-state index in [1.165, 1.54) is 19.3 Å². The van der Waals surface area contributed by atoms with Gasteiger partial charge in [-0.25, -0.2) is 0 Å². The molecule has 0 radical (unpaired) electrons. The fourth-order valence-corrected chi connectivity index (χ4v) is 2.69. The summed E-state index contributed by atoms with van der Waals surface area (Å²) in [7, 11) is 1.70. The summed E-state index contributed by atoms with van der Waals surface area (Å²) in [5, 5.41) is 0. The molecule has 2 saturated carbocycles.